The van der Waals surface area contributed by atoms with Crippen LogP contribution in [0.25, 0.3) is 0 Å². The third kappa shape index (κ3) is 4.11. The van der Waals surface area contributed by atoms with E-state index in [2.05, 4.69) is 43.9 Å². The molecular formula is C18H27NO. The van der Waals surface area contributed by atoms with Crippen molar-refractivity contribution in [3.8, 4) is 5.75 Å². The molecule has 20 heavy (non-hydrogen) atoms. The van der Waals surface area contributed by atoms with Crippen LogP contribution >= 0.6 is 0 Å². The molecule has 0 bridgehead atoms. The number of benzene rings is 1. The van der Waals surface area contributed by atoms with E-state index in [0.717, 1.165) is 24.1 Å². The molecule has 1 aromatic carbocycles. The van der Waals surface area contributed by atoms with Crippen molar-refractivity contribution < 1.29 is 4.74 Å². The first-order valence-corrected chi connectivity index (χ1v) is 7.76. The van der Waals surface area contributed by atoms with Crippen molar-refractivity contribution in [3.63, 3.8) is 0 Å². The summed E-state index contributed by atoms with van der Waals surface area (Å²) in [6.45, 7) is 9.92. The maximum Gasteiger partial charge on any atom is 0.120 e. The molecule has 1 aliphatic rings. The molecule has 0 saturated heterocycles. The van der Waals surface area contributed by atoms with Gasteiger partial charge >= 0.3 is 0 Å². The van der Waals surface area contributed by atoms with E-state index in [1.807, 2.05) is 6.07 Å². The average molecular weight is 273 g/mol. The lowest BCUT2D eigenvalue weighted by atomic mass is 9.78. The fourth-order valence-corrected chi connectivity index (χ4v) is 3.02. The predicted octanol–water partition coefficient (Wildman–Crippen LogP) is 4.17. The average Bonchev–Trinajstić information content (AvgIpc) is 2.47. The zero-order chi connectivity index (χ0) is 14.4. The smallest absolute Gasteiger partial charge is 0.120 e. The summed E-state index contributed by atoms with van der Waals surface area (Å²) in [6.07, 6.45) is 5.81. The van der Waals surface area contributed by atoms with Crippen LogP contribution in [0.2, 0.25) is 0 Å². The number of ether oxygens (including phenoxy) is 1. The van der Waals surface area contributed by atoms with Crippen LogP contribution in [0.15, 0.2) is 36.9 Å². The fourth-order valence-electron chi connectivity index (χ4n) is 3.02. The van der Waals surface area contributed by atoms with Gasteiger partial charge in [0.25, 0.3) is 0 Å². The Labute approximate surface area is 123 Å². The SMILES string of the molecule is C=CCOc1cccc(CNC2CCCC(C)C2C)c1. The van der Waals surface area contributed by atoms with Gasteiger partial charge in [-0.05, 0) is 36.0 Å². The summed E-state index contributed by atoms with van der Waals surface area (Å²) in [5, 5.41) is 3.73. The van der Waals surface area contributed by atoms with Crippen LogP contribution in [-0.4, -0.2) is 12.6 Å². The van der Waals surface area contributed by atoms with Gasteiger partial charge in [0.1, 0.15) is 12.4 Å². The molecule has 0 heterocycles. The molecule has 2 rings (SSSR count). The summed E-state index contributed by atoms with van der Waals surface area (Å²) in [5.74, 6) is 2.53. The van der Waals surface area contributed by atoms with E-state index in [1.54, 1.807) is 6.08 Å². The zero-order valence-electron chi connectivity index (χ0n) is 12.8. The Morgan fingerprint density at radius 1 is 1.35 bits per heavy atom. The van der Waals surface area contributed by atoms with Gasteiger partial charge in [-0.1, -0.05) is 51.5 Å². The summed E-state index contributed by atoms with van der Waals surface area (Å²) in [6, 6.07) is 8.98. The van der Waals surface area contributed by atoms with E-state index in [0.29, 0.717) is 12.6 Å². The second-order valence-electron chi connectivity index (χ2n) is 6.00. The highest BCUT2D eigenvalue weighted by atomic mass is 16.5. The Balaban J connectivity index is 1.88. The van der Waals surface area contributed by atoms with E-state index < -0.39 is 0 Å². The summed E-state index contributed by atoms with van der Waals surface area (Å²) in [7, 11) is 0. The normalized spacial score (nSPS) is 26.2. The molecule has 0 amide bonds. The largest absolute Gasteiger partial charge is 0.490 e. The summed E-state index contributed by atoms with van der Waals surface area (Å²) < 4.78 is 5.58. The molecule has 0 aromatic heterocycles. The van der Waals surface area contributed by atoms with Crippen molar-refractivity contribution in [1.82, 2.24) is 5.32 Å². The minimum Gasteiger partial charge on any atom is -0.490 e. The van der Waals surface area contributed by atoms with E-state index in [4.69, 9.17) is 4.74 Å². The Hall–Kier alpha value is -1.28. The first kappa shape index (κ1) is 15.1. The molecule has 0 radical (unpaired) electrons. The Morgan fingerprint density at radius 2 is 2.20 bits per heavy atom. The summed E-state index contributed by atoms with van der Waals surface area (Å²) >= 11 is 0. The first-order valence-electron chi connectivity index (χ1n) is 7.76. The minimum atomic E-state index is 0.564. The maximum absolute atomic E-state index is 5.58. The zero-order valence-corrected chi connectivity index (χ0v) is 12.8. The van der Waals surface area contributed by atoms with Crippen LogP contribution in [0.4, 0.5) is 0 Å². The van der Waals surface area contributed by atoms with E-state index in [1.165, 1.54) is 24.8 Å². The molecule has 1 fully saturated rings. The molecule has 0 aliphatic heterocycles. The van der Waals surface area contributed by atoms with Crippen molar-refractivity contribution in [2.24, 2.45) is 11.8 Å². The van der Waals surface area contributed by atoms with Gasteiger partial charge in [0.2, 0.25) is 0 Å². The quantitative estimate of drug-likeness (QED) is 0.786. The van der Waals surface area contributed by atoms with Crippen molar-refractivity contribution in [1.29, 1.82) is 0 Å². The standard InChI is InChI=1S/C18H27NO/c1-4-11-20-17-9-6-8-16(12-17)13-19-18-10-5-7-14(2)15(18)3/h4,6,8-9,12,14-15,18-19H,1,5,7,10-11,13H2,2-3H3. The van der Waals surface area contributed by atoms with Gasteiger partial charge in [-0.3, -0.25) is 0 Å². The van der Waals surface area contributed by atoms with Gasteiger partial charge in [0.15, 0.2) is 0 Å². The van der Waals surface area contributed by atoms with Crippen LogP contribution in [-0.2, 0) is 6.54 Å². The highest BCUT2D eigenvalue weighted by Gasteiger charge is 2.26. The van der Waals surface area contributed by atoms with Crippen LogP contribution < -0.4 is 10.1 Å². The number of hydrogen-bond donors (Lipinski definition) is 1. The van der Waals surface area contributed by atoms with E-state index in [-0.39, 0.29) is 0 Å². The second kappa shape index (κ2) is 7.49. The highest BCUT2D eigenvalue weighted by Crippen LogP contribution is 2.29. The molecule has 0 spiro atoms. The van der Waals surface area contributed by atoms with Crippen molar-refractivity contribution >= 4 is 0 Å². The monoisotopic (exact) mass is 273 g/mol. The van der Waals surface area contributed by atoms with Gasteiger partial charge in [-0.25, -0.2) is 0 Å². The third-order valence-corrected chi connectivity index (χ3v) is 4.54. The van der Waals surface area contributed by atoms with Crippen molar-refractivity contribution in [2.75, 3.05) is 6.61 Å². The van der Waals surface area contributed by atoms with Gasteiger partial charge in [0, 0.05) is 12.6 Å². The molecular weight excluding hydrogens is 246 g/mol. The number of rotatable bonds is 6. The lowest BCUT2D eigenvalue weighted by Crippen LogP contribution is -2.40. The maximum atomic E-state index is 5.58. The molecule has 2 nitrogen and oxygen atoms in total. The van der Waals surface area contributed by atoms with Crippen molar-refractivity contribution in [3.05, 3.63) is 42.5 Å². The van der Waals surface area contributed by atoms with E-state index >= 15 is 0 Å². The van der Waals surface area contributed by atoms with Crippen LogP contribution in [0.5, 0.6) is 5.75 Å². The topological polar surface area (TPSA) is 21.3 Å². The Bertz CT molecular complexity index is 429. The van der Waals surface area contributed by atoms with Gasteiger partial charge in [0.05, 0.1) is 0 Å². The van der Waals surface area contributed by atoms with Crippen molar-refractivity contribution in [2.45, 2.75) is 45.7 Å². The summed E-state index contributed by atoms with van der Waals surface area (Å²) in [5.41, 5.74) is 1.29. The molecule has 1 saturated carbocycles. The number of nitrogens with one attached hydrogen (secondary N) is 1. The Kier molecular flexibility index (Phi) is 5.66. The lowest BCUT2D eigenvalue weighted by Gasteiger charge is -2.34. The highest BCUT2D eigenvalue weighted by molar-refractivity contribution is 5.28. The minimum absolute atomic E-state index is 0.564. The third-order valence-electron chi connectivity index (χ3n) is 4.54. The summed E-state index contributed by atoms with van der Waals surface area (Å²) in [4.78, 5) is 0. The molecule has 3 unspecified atom stereocenters. The van der Waals surface area contributed by atoms with Crippen LogP contribution in [0, 0.1) is 11.8 Å². The van der Waals surface area contributed by atoms with Crippen LogP contribution in [0.1, 0.15) is 38.7 Å². The predicted molar refractivity (Wildman–Crippen MR) is 84.9 cm³/mol. The van der Waals surface area contributed by atoms with Gasteiger partial charge in [-0.15, -0.1) is 0 Å². The molecule has 3 atom stereocenters. The fraction of sp³-hybridized carbons (Fsp3) is 0.556. The molecule has 110 valence electrons. The molecule has 1 N–H and O–H groups in total. The first-order chi connectivity index (χ1) is 9.70. The van der Waals surface area contributed by atoms with E-state index in [9.17, 15) is 0 Å². The van der Waals surface area contributed by atoms with Crippen LogP contribution in [0.3, 0.4) is 0 Å². The molecule has 1 aromatic rings. The second-order valence-corrected chi connectivity index (χ2v) is 6.00. The molecule has 1 aliphatic carbocycles. The van der Waals surface area contributed by atoms with Gasteiger partial charge in [-0.2, -0.15) is 0 Å². The molecule has 2 heteroatoms. The Morgan fingerprint density at radius 3 is 3.00 bits per heavy atom. The lowest BCUT2D eigenvalue weighted by molar-refractivity contribution is 0.206. The van der Waals surface area contributed by atoms with Gasteiger partial charge < -0.3 is 10.1 Å². The number of hydrogen-bond acceptors (Lipinski definition) is 2.